The molecule has 0 bridgehead atoms. The predicted octanol–water partition coefficient (Wildman–Crippen LogP) is 3.18. The first-order valence-electron chi connectivity index (χ1n) is 8.62. The second kappa shape index (κ2) is 8.27. The van der Waals surface area contributed by atoms with Crippen LogP contribution in [-0.4, -0.2) is 26.6 Å². The molecule has 2 N–H and O–H groups in total. The lowest BCUT2D eigenvalue weighted by molar-refractivity contribution is -0.116. The third-order valence-electron chi connectivity index (χ3n) is 4.04. The zero-order valence-corrected chi connectivity index (χ0v) is 15.3. The fourth-order valence-corrected chi connectivity index (χ4v) is 2.56. The Morgan fingerprint density at radius 2 is 1.85 bits per heavy atom. The summed E-state index contributed by atoms with van der Waals surface area (Å²) in [5, 5.41) is 9.89. The number of amides is 2. The van der Waals surface area contributed by atoms with E-state index in [1.807, 2.05) is 32.2 Å². The van der Waals surface area contributed by atoms with E-state index in [0.717, 1.165) is 11.1 Å². The lowest BCUT2D eigenvalue weighted by Gasteiger charge is -2.12. The molecule has 1 aromatic carbocycles. The van der Waals surface area contributed by atoms with Gasteiger partial charge in [-0.25, -0.2) is 0 Å². The van der Waals surface area contributed by atoms with Crippen LogP contribution in [0.4, 0.5) is 11.4 Å². The molecule has 0 aliphatic heterocycles. The van der Waals surface area contributed by atoms with E-state index in [9.17, 15) is 9.59 Å². The maximum atomic E-state index is 12.3. The number of hydrogen-bond donors (Lipinski definition) is 2. The topological polar surface area (TPSA) is 88.9 Å². The van der Waals surface area contributed by atoms with Gasteiger partial charge in [0.1, 0.15) is 0 Å². The molecule has 7 heteroatoms. The molecule has 0 saturated heterocycles. The van der Waals surface area contributed by atoms with Gasteiger partial charge in [-0.2, -0.15) is 5.10 Å². The highest BCUT2D eigenvalue weighted by molar-refractivity contribution is 6.05. The van der Waals surface area contributed by atoms with Gasteiger partial charge in [0.2, 0.25) is 5.91 Å². The van der Waals surface area contributed by atoms with E-state index in [4.69, 9.17) is 0 Å². The second-order valence-electron chi connectivity index (χ2n) is 6.30. The maximum absolute atomic E-state index is 12.3. The Hall–Kier alpha value is -3.48. The number of nitrogens with one attached hydrogen (secondary N) is 2. The molecule has 0 radical (unpaired) electrons. The summed E-state index contributed by atoms with van der Waals surface area (Å²) in [6.45, 7) is 4.36. The largest absolute Gasteiger partial charge is 0.326 e. The van der Waals surface area contributed by atoms with E-state index in [0.29, 0.717) is 29.9 Å². The number of benzene rings is 1. The van der Waals surface area contributed by atoms with Crippen LogP contribution in [0.2, 0.25) is 0 Å². The molecule has 0 atom stereocenters. The summed E-state index contributed by atoms with van der Waals surface area (Å²) in [5.74, 6) is -0.337. The van der Waals surface area contributed by atoms with E-state index < -0.39 is 0 Å². The van der Waals surface area contributed by atoms with E-state index in [-0.39, 0.29) is 11.8 Å². The Labute approximate surface area is 157 Å². The van der Waals surface area contributed by atoms with Crippen molar-refractivity contribution in [3.05, 3.63) is 71.8 Å². The summed E-state index contributed by atoms with van der Waals surface area (Å²) in [7, 11) is 0. The maximum Gasteiger partial charge on any atom is 0.255 e. The van der Waals surface area contributed by atoms with Crippen LogP contribution in [-0.2, 0) is 11.3 Å². The molecular formula is C20H21N5O2. The van der Waals surface area contributed by atoms with Crippen molar-refractivity contribution >= 4 is 23.2 Å². The highest BCUT2D eigenvalue weighted by atomic mass is 16.2. The average molecular weight is 363 g/mol. The highest BCUT2D eigenvalue weighted by Gasteiger charge is 2.10. The van der Waals surface area contributed by atoms with Crippen molar-refractivity contribution in [2.75, 3.05) is 10.6 Å². The fourth-order valence-electron chi connectivity index (χ4n) is 2.56. The van der Waals surface area contributed by atoms with Gasteiger partial charge in [-0.15, -0.1) is 0 Å². The molecule has 27 heavy (non-hydrogen) atoms. The second-order valence-corrected chi connectivity index (χ2v) is 6.30. The van der Waals surface area contributed by atoms with Gasteiger partial charge >= 0.3 is 0 Å². The molecule has 3 aromatic rings. The summed E-state index contributed by atoms with van der Waals surface area (Å²) >= 11 is 0. The smallest absolute Gasteiger partial charge is 0.255 e. The van der Waals surface area contributed by atoms with E-state index in [1.54, 1.807) is 41.5 Å². The van der Waals surface area contributed by atoms with Crippen LogP contribution >= 0.6 is 0 Å². The molecule has 0 saturated carbocycles. The molecule has 2 aromatic heterocycles. The number of pyridine rings is 1. The number of nitrogens with zero attached hydrogens (tertiary/aromatic N) is 3. The van der Waals surface area contributed by atoms with Crippen LogP contribution < -0.4 is 10.6 Å². The Morgan fingerprint density at radius 1 is 1.07 bits per heavy atom. The normalized spacial score (nSPS) is 10.4. The lowest BCUT2D eigenvalue weighted by Crippen LogP contribution is -2.16. The van der Waals surface area contributed by atoms with Crippen LogP contribution in [0.1, 0.15) is 27.9 Å². The molecule has 0 spiro atoms. The summed E-state index contributed by atoms with van der Waals surface area (Å²) in [5.41, 5.74) is 3.77. The van der Waals surface area contributed by atoms with Crippen LogP contribution in [0, 0.1) is 13.8 Å². The van der Waals surface area contributed by atoms with Crippen molar-refractivity contribution in [3.63, 3.8) is 0 Å². The minimum absolute atomic E-state index is 0.113. The molecule has 138 valence electrons. The van der Waals surface area contributed by atoms with Crippen molar-refractivity contribution in [2.24, 2.45) is 0 Å². The third-order valence-corrected chi connectivity index (χ3v) is 4.04. The van der Waals surface area contributed by atoms with E-state index in [1.165, 1.54) is 0 Å². The number of aromatic nitrogens is 3. The van der Waals surface area contributed by atoms with Gasteiger partial charge in [0.15, 0.2) is 0 Å². The fraction of sp³-hybridized carbons (Fsp3) is 0.200. The molecule has 0 fully saturated rings. The van der Waals surface area contributed by atoms with Gasteiger partial charge in [-0.3, -0.25) is 19.3 Å². The van der Waals surface area contributed by atoms with Gasteiger partial charge in [0.25, 0.3) is 5.91 Å². The lowest BCUT2D eigenvalue weighted by atomic mass is 10.1. The SMILES string of the molecule is Cc1cnn(CCC(=O)Nc2ccc(C)c(NC(=O)c3ccncc3)c2)c1. The summed E-state index contributed by atoms with van der Waals surface area (Å²) < 4.78 is 1.74. The molecule has 0 aliphatic carbocycles. The molecule has 2 amide bonds. The van der Waals surface area contributed by atoms with Gasteiger partial charge in [-0.1, -0.05) is 6.07 Å². The quantitative estimate of drug-likeness (QED) is 0.704. The third kappa shape index (κ3) is 5.01. The Morgan fingerprint density at radius 3 is 2.56 bits per heavy atom. The first-order chi connectivity index (χ1) is 13.0. The van der Waals surface area contributed by atoms with Gasteiger partial charge in [-0.05, 0) is 49.2 Å². The van der Waals surface area contributed by atoms with Gasteiger partial charge in [0.05, 0.1) is 6.20 Å². The summed E-state index contributed by atoms with van der Waals surface area (Å²) in [6, 6.07) is 8.72. The zero-order valence-electron chi connectivity index (χ0n) is 15.3. The minimum Gasteiger partial charge on any atom is -0.326 e. The minimum atomic E-state index is -0.224. The Bertz CT molecular complexity index is 950. The summed E-state index contributed by atoms with van der Waals surface area (Å²) in [4.78, 5) is 28.4. The number of hydrogen-bond acceptors (Lipinski definition) is 4. The van der Waals surface area contributed by atoms with Crippen LogP contribution in [0.25, 0.3) is 0 Å². The first kappa shape index (κ1) is 18.3. The molecule has 3 rings (SSSR count). The van der Waals surface area contributed by atoms with Crippen molar-refractivity contribution in [1.29, 1.82) is 0 Å². The number of anilines is 2. The van der Waals surface area contributed by atoms with Crippen LogP contribution in [0.15, 0.2) is 55.1 Å². The first-order valence-corrected chi connectivity index (χ1v) is 8.62. The molecule has 7 nitrogen and oxygen atoms in total. The molecule has 2 heterocycles. The molecule has 0 aliphatic rings. The molecular weight excluding hydrogens is 342 g/mol. The van der Waals surface area contributed by atoms with Crippen molar-refractivity contribution in [1.82, 2.24) is 14.8 Å². The standard InChI is InChI=1S/C20H21N5O2/c1-14-12-22-25(13-14)10-7-19(26)23-17-4-3-15(2)18(11-17)24-20(27)16-5-8-21-9-6-16/h3-6,8-9,11-13H,7,10H2,1-2H3,(H,23,26)(H,24,27). The zero-order chi connectivity index (χ0) is 19.2. The summed E-state index contributed by atoms with van der Waals surface area (Å²) in [6.07, 6.45) is 7.11. The van der Waals surface area contributed by atoms with Crippen molar-refractivity contribution in [2.45, 2.75) is 26.8 Å². The van der Waals surface area contributed by atoms with Gasteiger partial charge < -0.3 is 10.6 Å². The van der Waals surface area contributed by atoms with Crippen molar-refractivity contribution < 1.29 is 9.59 Å². The number of carbonyl (C=O) groups is 2. The number of aryl methyl sites for hydroxylation is 3. The number of rotatable bonds is 6. The van der Waals surface area contributed by atoms with E-state index >= 15 is 0 Å². The van der Waals surface area contributed by atoms with Crippen LogP contribution in [0.3, 0.4) is 0 Å². The molecule has 0 unspecified atom stereocenters. The van der Waals surface area contributed by atoms with E-state index in [2.05, 4.69) is 20.7 Å². The monoisotopic (exact) mass is 363 g/mol. The Balaban J connectivity index is 1.62. The Kier molecular flexibility index (Phi) is 5.61. The predicted molar refractivity (Wildman–Crippen MR) is 104 cm³/mol. The van der Waals surface area contributed by atoms with Gasteiger partial charge in [0, 0.05) is 48.5 Å². The average Bonchev–Trinajstić information content (AvgIpc) is 3.09. The highest BCUT2D eigenvalue weighted by Crippen LogP contribution is 2.21. The van der Waals surface area contributed by atoms with Crippen LogP contribution in [0.5, 0.6) is 0 Å². The number of carbonyl (C=O) groups excluding carboxylic acids is 2. The van der Waals surface area contributed by atoms with Crippen molar-refractivity contribution in [3.8, 4) is 0 Å².